The molecule has 1 aliphatic heterocycles. The molecule has 116 valence electrons. The second-order valence-corrected chi connectivity index (χ2v) is 6.70. The Balaban J connectivity index is 1.70. The predicted octanol–water partition coefficient (Wildman–Crippen LogP) is 3.44. The van der Waals surface area contributed by atoms with Crippen molar-refractivity contribution in [2.45, 2.75) is 26.7 Å². The van der Waals surface area contributed by atoms with Crippen LogP contribution >= 0.6 is 11.6 Å². The lowest BCUT2D eigenvalue weighted by Gasteiger charge is -2.34. The van der Waals surface area contributed by atoms with Gasteiger partial charge in [0.1, 0.15) is 0 Å². The molecule has 3 nitrogen and oxygen atoms in total. The van der Waals surface area contributed by atoms with Crippen LogP contribution in [0.1, 0.15) is 37.0 Å². The lowest BCUT2D eigenvalue weighted by molar-refractivity contribution is 0.0947. The summed E-state index contributed by atoms with van der Waals surface area (Å²) in [5.74, 6) is 1.49. The zero-order valence-corrected chi connectivity index (χ0v) is 13.7. The summed E-state index contributed by atoms with van der Waals surface area (Å²) in [4.78, 5) is 14.5. The van der Waals surface area contributed by atoms with E-state index in [1.165, 1.54) is 19.5 Å². The average molecular weight is 309 g/mol. The number of amides is 1. The fraction of sp³-hybridized carbons (Fsp3) is 0.588. The Bertz CT molecular complexity index is 468. The zero-order valence-electron chi connectivity index (χ0n) is 12.9. The molecule has 1 aliphatic rings. The Hall–Kier alpha value is -1.06. The third-order valence-electron chi connectivity index (χ3n) is 4.00. The molecule has 1 amide bonds. The number of halogens is 1. The van der Waals surface area contributed by atoms with Crippen molar-refractivity contribution in [1.29, 1.82) is 0 Å². The van der Waals surface area contributed by atoms with E-state index in [4.69, 9.17) is 11.6 Å². The Kier molecular flexibility index (Phi) is 6.07. The van der Waals surface area contributed by atoms with E-state index in [0.717, 1.165) is 24.8 Å². The quantitative estimate of drug-likeness (QED) is 0.845. The topological polar surface area (TPSA) is 32.3 Å². The molecule has 21 heavy (non-hydrogen) atoms. The third kappa shape index (κ3) is 5.01. The molecule has 1 N–H and O–H groups in total. The number of carbonyl (C=O) groups excluding carboxylic acids is 1. The number of nitrogens with one attached hydrogen (secondary N) is 1. The van der Waals surface area contributed by atoms with E-state index in [9.17, 15) is 4.79 Å². The molecule has 0 saturated carbocycles. The highest BCUT2D eigenvalue weighted by molar-refractivity contribution is 6.33. The van der Waals surface area contributed by atoms with Crippen LogP contribution in [-0.4, -0.2) is 37.0 Å². The molecule has 4 heteroatoms. The summed E-state index contributed by atoms with van der Waals surface area (Å²) in [6, 6.07) is 7.16. The minimum absolute atomic E-state index is 0.0824. The summed E-state index contributed by atoms with van der Waals surface area (Å²) in [6.45, 7) is 8.76. The highest BCUT2D eigenvalue weighted by atomic mass is 35.5. The lowest BCUT2D eigenvalue weighted by Crippen LogP contribution is -2.40. The van der Waals surface area contributed by atoms with Gasteiger partial charge in [-0.3, -0.25) is 4.79 Å². The van der Waals surface area contributed by atoms with Crippen LogP contribution in [0.2, 0.25) is 5.02 Å². The van der Waals surface area contributed by atoms with Crippen molar-refractivity contribution in [3.05, 3.63) is 34.9 Å². The number of nitrogens with zero attached hydrogens (tertiary/aromatic N) is 1. The minimum Gasteiger partial charge on any atom is -0.352 e. The number of hydrogen-bond acceptors (Lipinski definition) is 2. The summed E-state index contributed by atoms with van der Waals surface area (Å²) < 4.78 is 0. The monoisotopic (exact) mass is 308 g/mol. The SMILES string of the molecule is C[C@H]1C[C@H](C)CN(CCCNC(=O)c2ccccc2Cl)C1. The van der Waals surface area contributed by atoms with Crippen molar-refractivity contribution < 1.29 is 4.79 Å². The van der Waals surface area contributed by atoms with Crippen LogP contribution < -0.4 is 5.32 Å². The first kappa shape index (κ1) is 16.3. The van der Waals surface area contributed by atoms with E-state index < -0.39 is 0 Å². The lowest BCUT2D eigenvalue weighted by atomic mass is 9.92. The Morgan fingerprint density at radius 3 is 2.62 bits per heavy atom. The van der Waals surface area contributed by atoms with E-state index in [-0.39, 0.29) is 5.91 Å². The highest BCUT2D eigenvalue weighted by Gasteiger charge is 2.21. The summed E-state index contributed by atoms with van der Waals surface area (Å²) in [6.07, 6.45) is 2.31. The molecule has 0 aliphatic carbocycles. The summed E-state index contributed by atoms with van der Waals surface area (Å²) in [5, 5.41) is 3.46. The van der Waals surface area contributed by atoms with Crippen molar-refractivity contribution >= 4 is 17.5 Å². The predicted molar refractivity (Wildman–Crippen MR) is 87.8 cm³/mol. The van der Waals surface area contributed by atoms with Gasteiger partial charge in [0.2, 0.25) is 0 Å². The number of likely N-dealkylation sites (tertiary alicyclic amines) is 1. The Morgan fingerprint density at radius 2 is 1.95 bits per heavy atom. The van der Waals surface area contributed by atoms with Crippen molar-refractivity contribution in [2.24, 2.45) is 11.8 Å². The van der Waals surface area contributed by atoms with E-state index in [0.29, 0.717) is 17.1 Å². The second kappa shape index (κ2) is 7.81. The molecule has 1 heterocycles. The molecule has 1 fully saturated rings. The molecule has 1 aromatic carbocycles. The fourth-order valence-corrected chi connectivity index (χ4v) is 3.44. The number of carbonyl (C=O) groups is 1. The molecule has 0 radical (unpaired) electrons. The number of rotatable bonds is 5. The van der Waals surface area contributed by atoms with Gasteiger partial charge >= 0.3 is 0 Å². The van der Waals surface area contributed by atoms with E-state index in [1.807, 2.05) is 12.1 Å². The van der Waals surface area contributed by atoms with Gasteiger partial charge in [0.15, 0.2) is 0 Å². The number of piperidine rings is 1. The summed E-state index contributed by atoms with van der Waals surface area (Å²) >= 11 is 6.02. The van der Waals surface area contributed by atoms with Crippen LogP contribution in [-0.2, 0) is 0 Å². The second-order valence-electron chi connectivity index (χ2n) is 6.29. The largest absolute Gasteiger partial charge is 0.352 e. The van der Waals surface area contributed by atoms with Crippen LogP contribution in [0.4, 0.5) is 0 Å². The highest BCUT2D eigenvalue weighted by Crippen LogP contribution is 2.20. The normalized spacial score (nSPS) is 23.0. The van der Waals surface area contributed by atoms with Gasteiger partial charge in [-0.25, -0.2) is 0 Å². The molecule has 0 unspecified atom stereocenters. The molecule has 0 bridgehead atoms. The molecule has 1 saturated heterocycles. The van der Waals surface area contributed by atoms with Crippen LogP contribution in [0.5, 0.6) is 0 Å². The molecule has 2 rings (SSSR count). The molecule has 1 aromatic rings. The maximum absolute atomic E-state index is 12.0. The average Bonchev–Trinajstić information content (AvgIpc) is 2.43. The van der Waals surface area contributed by atoms with Crippen molar-refractivity contribution in [3.8, 4) is 0 Å². The Labute approximate surface area is 132 Å². The maximum Gasteiger partial charge on any atom is 0.252 e. The van der Waals surface area contributed by atoms with Crippen LogP contribution in [0, 0.1) is 11.8 Å². The van der Waals surface area contributed by atoms with Gasteiger partial charge in [-0.1, -0.05) is 37.6 Å². The first-order valence-corrected chi connectivity index (χ1v) is 8.19. The third-order valence-corrected chi connectivity index (χ3v) is 4.33. The molecular formula is C17H25ClN2O. The van der Waals surface area contributed by atoms with Gasteiger partial charge in [-0.05, 0) is 43.4 Å². The van der Waals surface area contributed by atoms with Crippen LogP contribution in [0.25, 0.3) is 0 Å². The van der Waals surface area contributed by atoms with Gasteiger partial charge < -0.3 is 10.2 Å². The molecule has 0 spiro atoms. The van der Waals surface area contributed by atoms with E-state index in [1.54, 1.807) is 12.1 Å². The van der Waals surface area contributed by atoms with Crippen LogP contribution in [0.3, 0.4) is 0 Å². The van der Waals surface area contributed by atoms with Crippen molar-refractivity contribution in [1.82, 2.24) is 10.2 Å². The summed E-state index contributed by atoms with van der Waals surface area (Å²) in [7, 11) is 0. The summed E-state index contributed by atoms with van der Waals surface area (Å²) in [5.41, 5.74) is 0.555. The van der Waals surface area contributed by atoms with Gasteiger partial charge in [-0.2, -0.15) is 0 Å². The first-order valence-electron chi connectivity index (χ1n) is 7.81. The smallest absolute Gasteiger partial charge is 0.252 e. The van der Waals surface area contributed by atoms with Crippen molar-refractivity contribution in [3.63, 3.8) is 0 Å². The number of benzene rings is 1. The van der Waals surface area contributed by atoms with E-state index in [2.05, 4.69) is 24.1 Å². The molecule has 0 aromatic heterocycles. The first-order chi connectivity index (χ1) is 10.1. The maximum atomic E-state index is 12.0. The standard InChI is InChI=1S/C17H25ClN2O/c1-13-10-14(2)12-20(11-13)9-5-8-19-17(21)15-6-3-4-7-16(15)18/h3-4,6-7,13-14H,5,8-12H2,1-2H3,(H,19,21)/t13-,14-/m0/s1. The van der Waals surface area contributed by atoms with Crippen LogP contribution in [0.15, 0.2) is 24.3 Å². The van der Waals surface area contributed by atoms with Gasteiger partial charge in [0.05, 0.1) is 10.6 Å². The minimum atomic E-state index is -0.0824. The van der Waals surface area contributed by atoms with E-state index >= 15 is 0 Å². The molecular weight excluding hydrogens is 284 g/mol. The van der Waals surface area contributed by atoms with Gasteiger partial charge in [0.25, 0.3) is 5.91 Å². The van der Waals surface area contributed by atoms with Gasteiger partial charge in [0, 0.05) is 19.6 Å². The number of hydrogen-bond donors (Lipinski definition) is 1. The zero-order chi connectivity index (χ0) is 15.2. The van der Waals surface area contributed by atoms with Crippen molar-refractivity contribution in [2.75, 3.05) is 26.2 Å². The fourth-order valence-electron chi connectivity index (χ4n) is 3.22. The molecule has 2 atom stereocenters. The van der Waals surface area contributed by atoms with Gasteiger partial charge in [-0.15, -0.1) is 0 Å². The Morgan fingerprint density at radius 1 is 1.29 bits per heavy atom.